The first-order valence-electron chi connectivity index (χ1n) is 3.31. The number of ether oxygens (including phenoxy) is 1. The topological polar surface area (TPSA) is 9.23 Å². The summed E-state index contributed by atoms with van der Waals surface area (Å²) in [6.45, 7) is 4.57. The molecule has 1 unspecified atom stereocenters. The highest BCUT2D eigenvalue weighted by Gasteiger charge is 2.11. The molecule has 9 heavy (non-hydrogen) atoms. The van der Waals surface area contributed by atoms with Crippen LogP contribution in [0.2, 0.25) is 0 Å². The molecule has 0 aromatic carbocycles. The Bertz CT molecular complexity index is 86.9. The molecule has 1 atom stereocenters. The van der Waals surface area contributed by atoms with Gasteiger partial charge in [0.1, 0.15) is 5.44 Å². The minimum Gasteiger partial charge on any atom is -0.367 e. The quantitative estimate of drug-likeness (QED) is 0.588. The Hall–Kier alpha value is 0.0500. The standard InChI is InChI=1S/C7H12OS/c1-2-9-7-5-3-4-6-8-7/h2,7H,1,3-6H2. The lowest BCUT2D eigenvalue weighted by Gasteiger charge is -2.19. The Kier molecular flexibility index (Phi) is 3.15. The molecule has 0 bridgehead atoms. The molecule has 52 valence electrons. The third-order valence-corrected chi connectivity index (χ3v) is 2.25. The molecule has 1 heterocycles. The second-order valence-electron chi connectivity index (χ2n) is 2.10. The summed E-state index contributed by atoms with van der Waals surface area (Å²) >= 11 is 1.69. The molecule has 2 heteroatoms. The number of hydrogen-bond donors (Lipinski definition) is 0. The van der Waals surface area contributed by atoms with E-state index in [1.54, 1.807) is 11.8 Å². The molecule has 1 aliphatic heterocycles. The lowest BCUT2D eigenvalue weighted by Crippen LogP contribution is -2.14. The first kappa shape index (κ1) is 7.16. The maximum atomic E-state index is 5.41. The van der Waals surface area contributed by atoms with E-state index in [0.717, 1.165) is 6.61 Å². The molecule has 0 saturated carbocycles. The molecule has 1 saturated heterocycles. The van der Waals surface area contributed by atoms with Crippen molar-refractivity contribution in [3.63, 3.8) is 0 Å². The third kappa shape index (κ3) is 2.41. The van der Waals surface area contributed by atoms with Gasteiger partial charge in [0, 0.05) is 6.61 Å². The van der Waals surface area contributed by atoms with Crippen molar-refractivity contribution in [3.05, 3.63) is 12.0 Å². The fourth-order valence-corrected chi connectivity index (χ4v) is 1.62. The summed E-state index contributed by atoms with van der Waals surface area (Å²) < 4.78 is 5.41. The first-order valence-corrected chi connectivity index (χ1v) is 4.26. The summed E-state index contributed by atoms with van der Waals surface area (Å²) in [6, 6.07) is 0. The SMILES string of the molecule is C=CSC1CCCCO1. The number of thioether (sulfide) groups is 1. The van der Waals surface area contributed by atoms with Crippen molar-refractivity contribution in [2.45, 2.75) is 24.7 Å². The van der Waals surface area contributed by atoms with E-state index in [4.69, 9.17) is 4.74 Å². The molecule has 0 N–H and O–H groups in total. The van der Waals surface area contributed by atoms with Gasteiger partial charge in [0.15, 0.2) is 0 Å². The predicted molar refractivity (Wildman–Crippen MR) is 41.4 cm³/mol. The molecule has 0 spiro atoms. The molecule has 0 aliphatic carbocycles. The van der Waals surface area contributed by atoms with Crippen molar-refractivity contribution < 1.29 is 4.74 Å². The molecule has 0 aromatic rings. The monoisotopic (exact) mass is 144 g/mol. The van der Waals surface area contributed by atoms with Gasteiger partial charge in [0.2, 0.25) is 0 Å². The Morgan fingerprint density at radius 3 is 3.00 bits per heavy atom. The van der Waals surface area contributed by atoms with E-state index in [1.807, 2.05) is 5.41 Å². The van der Waals surface area contributed by atoms with Gasteiger partial charge in [-0.1, -0.05) is 6.58 Å². The maximum absolute atomic E-state index is 5.41. The van der Waals surface area contributed by atoms with Gasteiger partial charge in [0.25, 0.3) is 0 Å². The van der Waals surface area contributed by atoms with E-state index in [9.17, 15) is 0 Å². The molecule has 1 nitrogen and oxygen atoms in total. The molecular weight excluding hydrogens is 132 g/mol. The van der Waals surface area contributed by atoms with Crippen molar-refractivity contribution in [2.75, 3.05) is 6.61 Å². The van der Waals surface area contributed by atoms with Crippen LogP contribution in [0.15, 0.2) is 12.0 Å². The highest BCUT2D eigenvalue weighted by atomic mass is 32.2. The van der Waals surface area contributed by atoms with E-state index in [1.165, 1.54) is 19.3 Å². The first-order chi connectivity index (χ1) is 4.43. The second-order valence-corrected chi connectivity index (χ2v) is 3.23. The Morgan fingerprint density at radius 2 is 2.44 bits per heavy atom. The van der Waals surface area contributed by atoms with Crippen molar-refractivity contribution in [1.29, 1.82) is 0 Å². The fraction of sp³-hybridized carbons (Fsp3) is 0.714. The van der Waals surface area contributed by atoms with Crippen LogP contribution in [-0.2, 0) is 4.74 Å². The van der Waals surface area contributed by atoms with Crippen molar-refractivity contribution in [2.24, 2.45) is 0 Å². The van der Waals surface area contributed by atoms with E-state index in [-0.39, 0.29) is 0 Å². The van der Waals surface area contributed by atoms with Gasteiger partial charge in [-0.2, -0.15) is 0 Å². The fourth-order valence-electron chi connectivity index (χ4n) is 0.926. The van der Waals surface area contributed by atoms with Crippen molar-refractivity contribution >= 4 is 11.8 Å². The van der Waals surface area contributed by atoms with Gasteiger partial charge in [-0.25, -0.2) is 0 Å². The Balaban J connectivity index is 2.15. The Morgan fingerprint density at radius 1 is 1.56 bits per heavy atom. The average molecular weight is 144 g/mol. The summed E-state index contributed by atoms with van der Waals surface area (Å²) in [6.07, 6.45) is 3.73. The van der Waals surface area contributed by atoms with Crippen molar-refractivity contribution in [1.82, 2.24) is 0 Å². The number of rotatable bonds is 2. The molecule has 1 fully saturated rings. The molecule has 0 amide bonds. The Labute approximate surface area is 60.5 Å². The summed E-state index contributed by atoms with van der Waals surface area (Å²) in [5.74, 6) is 0. The second kappa shape index (κ2) is 3.96. The zero-order valence-corrected chi connectivity index (χ0v) is 6.32. The molecule has 0 radical (unpaired) electrons. The lowest BCUT2D eigenvalue weighted by molar-refractivity contribution is 0.0733. The minimum atomic E-state index is 0.399. The largest absolute Gasteiger partial charge is 0.367 e. The average Bonchev–Trinajstić information content (AvgIpc) is 1.91. The van der Waals surface area contributed by atoms with Crippen LogP contribution in [0.5, 0.6) is 0 Å². The van der Waals surface area contributed by atoms with Crippen LogP contribution in [0.25, 0.3) is 0 Å². The van der Waals surface area contributed by atoms with Gasteiger partial charge in [-0.15, -0.1) is 11.8 Å². The summed E-state index contributed by atoms with van der Waals surface area (Å²) in [5.41, 5.74) is 0.399. The van der Waals surface area contributed by atoms with Gasteiger partial charge in [-0.3, -0.25) is 0 Å². The van der Waals surface area contributed by atoms with E-state index in [2.05, 4.69) is 6.58 Å². The van der Waals surface area contributed by atoms with Crippen LogP contribution < -0.4 is 0 Å². The lowest BCUT2D eigenvalue weighted by atomic mass is 10.2. The highest BCUT2D eigenvalue weighted by molar-refractivity contribution is 8.02. The predicted octanol–water partition coefficient (Wildman–Crippen LogP) is 2.39. The van der Waals surface area contributed by atoms with Crippen LogP contribution >= 0.6 is 11.8 Å². The zero-order valence-electron chi connectivity index (χ0n) is 5.51. The van der Waals surface area contributed by atoms with Crippen LogP contribution in [0.1, 0.15) is 19.3 Å². The molecule has 1 rings (SSSR count). The number of hydrogen-bond acceptors (Lipinski definition) is 2. The molecule has 0 aromatic heterocycles. The van der Waals surface area contributed by atoms with Gasteiger partial charge < -0.3 is 4.74 Å². The zero-order chi connectivity index (χ0) is 6.53. The summed E-state index contributed by atoms with van der Waals surface area (Å²) in [4.78, 5) is 0. The van der Waals surface area contributed by atoms with Crippen LogP contribution in [0.3, 0.4) is 0 Å². The van der Waals surface area contributed by atoms with Crippen LogP contribution in [0.4, 0.5) is 0 Å². The van der Waals surface area contributed by atoms with E-state index < -0.39 is 0 Å². The smallest absolute Gasteiger partial charge is 0.107 e. The summed E-state index contributed by atoms with van der Waals surface area (Å²) in [7, 11) is 0. The maximum Gasteiger partial charge on any atom is 0.107 e. The van der Waals surface area contributed by atoms with Crippen molar-refractivity contribution in [3.8, 4) is 0 Å². The minimum absolute atomic E-state index is 0.399. The van der Waals surface area contributed by atoms with Crippen LogP contribution in [-0.4, -0.2) is 12.0 Å². The third-order valence-electron chi connectivity index (χ3n) is 1.39. The summed E-state index contributed by atoms with van der Waals surface area (Å²) in [5, 5.41) is 1.86. The van der Waals surface area contributed by atoms with E-state index in [0.29, 0.717) is 5.44 Å². The van der Waals surface area contributed by atoms with Gasteiger partial charge in [0.05, 0.1) is 0 Å². The normalized spacial score (nSPS) is 27.8. The van der Waals surface area contributed by atoms with Gasteiger partial charge >= 0.3 is 0 Å². The van der Waals surface area contributed by atoms with Gasteiger partial charge in [-0.05, 0) is 24.7 Å². The van der Waals surface area contributed by atoms with E-state index >= 15 is 0 Å². The molecule has 1 aliphatic rings. The highest BCUT2D eigenvalue weighted by Crippen LogP contribution is 2.23. The van der Waals surface area contributed by atoms with Crippen LogP contribution in [0, 0.1) is 0 Å². The molecular formula is C7H12OS.